The third-order valence-electron chi connectivity index (χ3n) is 3.62. The first-order chi connectivity index (χ1) is 9.24. The fourth-order valence-electron chi connectivity index (χ4n) is 2.40. The van der Waals surface area contributed by atoms with E-state index in [1.807, 2.05) is 18.2 Å². The van der Waals surface area contributed by atoms with Crippen LogP contribution < -0.4 is 15.5 Å². The van der Waals surface area contributed by atoms with E-state index in [2.05, 4.69) is 15.5 Å². The standard InChI is InChI=1S/C14H18ClN3O/c15-12-2-1-3-13(11(12)8-17-10-4-5-10)18-7-6-16-14(19)9-18/h1-3,10,17H,4-9H2,(H,16,19). The van der Waals surface area contributed by atoms with Crippen molar-refractivity contribution in [3.05, 3.63) is 28.8 Å². The molecule has 0 atom stereocenters. The maximum atomic E-state index is 11.5. The largest absolute Gasteiger partial charge is 0.360 e. The maximum absolute atomic E-state index is 11.5. The number of carbonyl (C=O) groups excluding carboxylic acids is 1. The van der Waals surface area contributed by atoms with Crippen molar-refractivity contribution in [3.8, 4) is 0 Å². The summed E-state index contributed by atoms with van der Waals surface area (Å²) in [4.78, 5) is 13.6. The van der Waals surface area contributed by atoms with Gasteiger partial charge in [0.15, 0.2) is 0 Å². The van der Waals surface area contributed by atoms with E-state index in [0.717, 1.165) is 29.4 Å². The van der Waals surface area contributed by atoms with Crippen molar-refractivity contribution in [3.63, 3.8) is 0 Å². The monoisotopic (exact) mass is 279 g/mol. The molecule has 2 fully saturated rings. The number of piperazine rings is 1. The molecule has 1 saturated heterocycles. The molecule has 0 radical (unpaired) electrons. The fraction of sp³-hybridized carbons (Fsp3) is 0.500. The van der Waals surface area contributed by atoms with Crippen LogP contribution >= 0.6 is 11.6 Å². The Hall–Kier alpha value is -1.26. The average Bonchev–Trinajstić information content (AvgIpc) is 3.21. The zero-order chi connectivity index (χ0) is 13.2. The average molecular weight is 280 g/mol. The highest BCUT2D eigenvalue weighted by molar-refractivity contribution is 6.31. The van der Waals surface area contributed by atoms with Gasteiger partial charge in [-0.2, -0.15) is 0 Å². The quantitative estimate of drug-likeness (QED) is 0.879. The summed E-state index contributed by atoms with van der Waals surface area (Å²) in [6, 6.07) is 6.56. The van der Waals surface area contributed by atoms with Crippen LogP contribution in [0.3, 0.4) is 0 Å². The Balaban J connectivity index is 1.81. The highest BCUT2D eigenvalue weighted by atomic mass is 35.5. The molecule has 1 heterocycles. The predicted molar refractivity (Wildman–Crippen MR) is 76.5 cm³/mol. The van der Waals surface area contributed by atoms with Crippen LogP contribution in [0.2, 0.25) is 5.02 Å². The first-order valence-corrected chi connectivity index (χ1v) is 7.14. The molecule has 0 unspecified atom stereocenters. The van der Waals surface area contributed by atoms with Gasteiger partial charge >= 0.3 is 0 Å². The van der Waals surface area contributed by atoms with Gasteiger partial charge in [0, 0.05) is 41.9 Å². The van der Waals surface area contributed by atoms with Crippen molar-refractivity contribution in [2.24, 2.45) is 0 Å². The highest BCUT2D eigenvalue weighted by Crippen LogP contribution is 2.29. The molecule has 1 aromatic rings. The molecule has 5 heteroatoms. The van der Waals surface area contributed by atoms with Crippen molar-refractivity contribution in [2.75, 3.05) is 24.5 Å². The molecule has 3 rings (SSSR count). The number of carbonyl (C=O) groups is 1. The SMILES string of the molecule is O=C1CN(c2cccc(Cl)c2CNC2CC2)CCN1. The summed E-state index contributed by atoms with van der Waals surface area (Å²) in [5.74, 6) is 0.0762. The number of hydrogen-bond donors (Lipinski definition) is 2. The summed E-state index contributed by atoms with van der Waals surface area (Å²) in [7, 11) is 0. The smallest absolute Gasteiger partial charge is 0.239 e. The van der Waals surface area contributed by atoms with Crippen LogP contribution in [0.4, 0.5) is 5.69 Å². The molecular weight excluding hydrogens is 262 g/mol. The molecule has 0 spiro atoms. The van der Waals surface area contributed by atoms with Gasteiger partial charge in [-0.1, -0.05) is 17.7 Å². The van der Waals surface area contributed by atoms with Gasteiger partial charge in [-0.3, -0.25) is 4.79 Å². The molecule has 2 aliphatic rings. The van der Waals surface area contributed by atoms with Gasteiger partial charge in [-0.15, -0.1) is 0 Å². The molecule has 1 aliphatic heterocycles. The van der Waals surface area contributed by atoms with Gasteiger partial charge in [-0.25, -0.2) is 0 Å². The molecule has 19 heavy (non-hydrogen) atoms. The summed E-state index contributed by atoms with van der Waals surface area (Å²) < 4.78 is 0. The summed E-state index contributed by atoms with van der Waals surface area (Å²) >= 11 is 6.32. The summed E-state index contributed by atoms with van der Waals surface area (Å²) in [6.45, 7) is 2.72. The Morgan fingerprint density at radius 1 is 1.42 bits per heavy atom. The minimum absolute atomic E-state index is 0.0762. The van der Waals surface area contributed by atoms with E-state index in [9.17, 15) is 4.79 Å². The van der Waals surface area contributed by atoms with Crippen LogP contribution in [-0.4, -0.2) is 31.6 Å². The lowest BCUT2D eigenvalue weighted by atomic mass is 10.1. The van der Waals surface area contributed by atoms with Crippen molar-refractivity contribution in [1.29, 1.82) is 0 Å². The highest BCUT2D eigenvalue weighted by Gasteiger charge is 2.23. The number of nitrogens with zero attached hydrogens (tertiary/aromatic N) is 1. The topological polar surface area (TPSA) is 44.4 Å². The number of rotatable bonds is 4. The third kappa shape index (κ3) is 3.01. The number of halogens is 1. The van der Waals surface area contributed by atoms with Crippen molar-refractivity contribution in [1.82, 2.24) is 10.6 Å². The summed E-state index contributed by atoms with van der Waals surface area (Å²) in [5.41, 5.74) is 2.18. The van der Waals surface area contributed by atoms with Crippen molar-refractivity contribution < 1.29 is 4.79 Å². The molecule has 1 aromatic carbocycles. The molecular formula is C14H18ClN3O. The zero-order valence-electron chi connectivity index (χ0n) is 10.8. The lowest BCUT2D eigenvalue weighted by Gasteiger charge is -2.30. The van der Waals surface area contributed by atoms with Gasteiger partial charge in [0.1, 0.15) is 0 Å². The van der Waals surface area contributed by atoms with Crippen LogP contribution in [0.25, 0.3) is 0 Å². The Bertz CT molecular complexity index is 488. The van der Waals surface area contributed by atoms with Crippen LogP contribution in [0.1, 0.15) is 18.4 Å². The number of hydrogen-bond acceptors (Lipinski definition) is 3. The fourth-order valence-corrected chi connectivity index (χ4v) is 2.63. The Labute approximate surface area is 118 Å². The van der Waals surface area contributed by atoms with E-state index in [0.29, 0.717) is 19.1 Å². The normalized spacial score (nSPS) is 19.4. The third-order valence-corrected chi connectivity index (χ3v) is 3.97. The van der Waals surface area contributed by atoms with E-state index < -0.39 is 0 Å². The molecule has 2 N–H and O–H groups in total. The maximum Gasteiger partial charge on any atom is 0.239 e. The Kier molecular flexibility index (Phi) is 3.62. The Morgan fingerprint density at radius 3 is 3.00 bits per heavy atom. The molecule has 4 nitrogen and oxygen atoms in total. The van der Waals surface area contributed by atoms with E-state index in [1.54, 1.807) is 0 Å². The minimum Gasteiger partial charge on any atom is -0.360 e. The summed E-state index contributed by atoms with van der Waals surface area (Å²) in [5, 5.41) is 7.11. The van der Waals surface area contributed by atoms with Gasteiger partial charge < -0.3 is 15.5 Å². The van der Waals surface area contributed by atoms with Crippen LogP contribution in [0.15, 0.2) is 18.2 Å². The number of anilines is 1. The van der Waals surface area contributed by atoms with E-state index in [1.165, 1.54) is 12.8 Å². The first kappa shape index (κ1) is 12.8. The lowest BCUT2D eigenvalue weighted by molar-refractivity contribution is -0.120. The molecule has 1 saturated carbocycles. The van der Waals surface area contributed by atoms with Crippen LogP contribution in [0, 0.1) is 0 Å². The van der Waals surface area contributed by atoms with E-state index >= 15 is 0 Å². The van der Waals surface area contributed by atoms with Gasteiger partial charge in [0.05, 0.1) is 6.54 Å². The molecule has 1 aliphatic carbocycles. The second-order valence-corrected chi connectivity index (χ2v) is 5.57. The zero-order valence-corrected chi connectivity index (χ0v) is 11.5. The van der Waals surface area contributed by atoms with Gasteiger partial charge in [0.2, 0.25) is 5.91 Å². The van der Waals surface area contributed by atoms with Crippen LogP contribution in [-0.2, 0) is 11.3 Å². The van der Waals surface area contributed by atoms with Crippen LogP contribution in [0.5, 0.6) is 0 Å². The Morgan fingerprint density at radius 2 is 2.26 bits per heavy atom. The van der Waals surface area contributed by atoms with E-state index in [4.69, 9.17) is 11.6 Å². The van der Waals surface area contributed by atoms with Gasteiger partial charge in [-0.05, 0) is 25.0 Å². The van der Waals surface area contributed by atoms with Gasteiger partial charge in [0.25, 0.3) is 0 Å². The second kappa shape index (κ2) is 5.39. The predicted octanol–water partition coefficient (Wildman–Crippen LogP) is 1.53. The molecule has 1 amide bonds. The number of nitrogens with one attached hydrogen (secondary N) is 2. The number of benzene rings is 1. The molecule has 0 aromatic heterocycles. The second-order valence-electron chi connectivity index (χ2n) is 5.16. The molecule has 0 bridgehead atoms. The first-order valence-electron chi connectivity index (χ1n) is 6.76. The van der Waals surface area contributed by atoms with E-state index in [-0.39, 0.29) is 5.91 Å². The van der Waals surface area contributed by atoms with Crippen molar-refractivity contribution in [2.45, 2.75) is 25.4 Å². The summed E-state index contributed by atoms with van der Waals surface area (Å²) in [6.07, 6.45) is 2.51. The molecule has 102 valence electrons. The number of amides is 1. The minimum atomic E-state index is 0.0762. The lowest BCUT2D eigenvalue weighted by Crippen LogP contribution is -2.48. The van der Waals surface area contributed by atoms with Crippen molar-refractivity contribution >= 4 is 23.2 Å².